The number of aromatic nitrogens is 2. The van der Waals surface area contributed by atoms with Gasteiger partial charge in [-0.3, -0.25) is 5.10 Å². The number of hydrazone groups is 1. The van der Waals surface area contributed by atoms with Crippen molar-refractivity contribution in [3.8, 4) is 0 Å². The van der Waals surface area contributed by atoms with Gasteiger partial charge in [-0.25, -0.2) is 10.2 Å². The topological polar surface area (TPSA) is 82.2 Å². The molecule has 0 aromatic carbocycles. The van der Waals surface area contributed by atoms with E-state index in [0.717, 1.165) is 11.3 Å². The molecule has 0 radical (unpaired) electrons. The maximum absolute atomic E-state index is 10.7. The Balaban J connectivity index is 2.50. The molecule has 0 bridgehead atoms. The van der Waals surface area contributed by atoms with E-state index in [0.29, 0.717) is 0 Å². The lowest BCUT2D eigenvalue weighted by molar-refractivity contribution is 0.243. The zero-order valence-electron chi connectivity index (χ0n) is 7.46. The number of aromatic amines is 1. The quantitative estimate of drug-likeness (QED) is 0.442. The normalized spacial score (nSPS) is 10.3. The summed E-state index contributed by atoms with van der Waals surface area (Å²) in [6.07, 6.45) is 3.18. The third-order valence-corrected chi connectivity index (χ3v) is 1.45. The fraction of sp³-hybridized carbons (Fsp3) is 0.286. The number of carbonyl (C=O) groups excluding carboxylic acids is 1. The van der Waals surface area contributed by atoms with Crippen LogP contribution in [0.2, 0.25) is 0 Å². The lowest BCUT2D eigenvalue weighted by Gasteiger charge is -1.95. The Kier molecular flexibility index (Phi) is 3.02. The highest BCUT2D eigenvalue weighted by Crippen LogP contribution is 1.96. The Bertz CT molecular complexity index is 316. The Morgan fingerprint density at radius 2 is 2.54 bits per heavy atom. The molecule has 0 fully saturated rings. The summed E-state index contributed by atoms with van der Waals surface area (Å²) < 4.78 is 0. The van der Waals surface area contributed by atoms with E-state index in [1.165, 1.54) is 13.3 Å². The van der Waals surface area contributed by atoms with E-state index >= 15 is 0 Å². The van der Waals surface area contributed by atoms with Gasteiger partial charge >= 0.3 is 6.03 Å². The van der Waals surface area contributed by atoms with E-state index in [1.807, 2.05) is 6.92 Å². The summed E-state index contributed by atoms with van der Waals surface area (Å²) in [5, 5.41) is 12.6. The monoisotopic (exact) mass is 181 g/mol. The number of H-pyrrole nitrogens is 1. The molecule has 0 aliphatic carbocycles. The highest BCUT2D eigenvalue weighted by atomic mass is 16.2. The summed E-state index contributed by atoms with van der Waals surface area (Å²) in [7, 11) is 1.52. The van der Waals surface area contributed by atoms with Crippen molar-refractivity contribution in [3.05, 3.63) is 17.5 Å². The smallest absolute Gasteiger partial charge is 0.334 e. The first-order chi connectivity index (χ1) is 6.24. The van der Waals surface area contributed by atoms with Crippen LogP contribution in [-0.4, -0.2) is 29.5 Å². The lowest BCUT2D eigenvalue weighted by atomic mass is 10.3. The van der Waals surface area contributed by atoms with Crippen molar-refractivity contribution in [1.29, 1.82) is 0 Å². The summed E-state index contributed by atoms with van der Waals surface area (Å²) in [4.78, 5) is 10.7. The van der Waals surface area contributed by atoms with Crippen molar-refractivity contribution in [3.63, 3.8) is 0 Å². The molecular formula is C7H11N5O. The maximum atomic E-state index is 10.7. The third kappa shape index (κ3) is 2.58. The van der Waals surface area contributed by atoms with E-state index in [4.69, 9.17) is 0 Å². The summed E-state index contributed by atoms with van der Waals surface area (Å²) in [6, 6.07) is -0.353. The van der Waals surface area contributed by atoms with Crippen molar-refractivity contribution in [1.82, 2.24) is 20.9 Å². The largest absolute Gasteiger partial charge is 0.340 e. The molecule has 0 atom stereocenters. The molecule has 70 valence electrons. The number of rotatable bonds is 2. The predicted octanol–water partition coefficient (Wildman–Crippen LogP) is -0.0190. The van der Waals surface area contributed by atoms with Crippen LogP contribution < -0.4 is 10.7 Å². The van der Waals surface area contributed by atoms with Crippen LogP contribution in [0.25, 0.3) is 0 Å². The zero-order valence-corrected chi connectivity index (χ0v) is 7.46. The van der Waals surface area contributed by atoms with Crippen LogP contribution in [0.1, 0.15) is 11.3 Å². The predicted molar refractivity (Wildman–Crippen MR) is 48.5 cm³/mol. The molecule has 0 aliphatic rings. The van der Waals surface area contributed by atoms with Gasteiger partial charge in [0.05, 0.1) is 18.1 Å². The van der Waals surface area contributed by atoms with Crippen LogP contribution in [-0.2, 0) is 0 Å². The molecule has 0 saturated carbocycles. The highest BCUT2D eigenvalue weighted by molar-refractivity contribution is 5.81. The number of carbonyl (C=O) groups is 1. The van der Waals surface area contributed by atoms with Crippen LogP contribution in [0.3, 0.4) is 0 Å². The van der Waals surface area contributed by atoms with E-state index in [2.05, 4.69) is 26.0 Å². The lowest BCUT2D eigenvalue weighted by Crippen LogP contribution is -2.28. The minimum Gasteiger partial charge on any atom is -0.340 e. The first-order valence-corrected chi connectivity index (χ1v) is 3.75. The molecule has 1 rings (SSSR count). The van der Waals surface area contributed by atoms with E-state index in [-0.39, 0.29) is 6.03 Å². The minimum absolute atomic E-state index is 0.353. The van der Waals surface area contributed by atoms with Gasteiger partial charge in [-0.1, -0.05) is 0 Å². The Morgan fingerprint density at radius 1 is 1.77 bits per heavy atom. The molecule has 0 aliphatic heterocycles. The van der Waals surface area contributed by atoms with Gasteiger partial charge in [-0.05, 0) is 12.5 Å². The number of urea groups is 1. The molecule has 1 aromatic heterocycles. The van der Waals surface area contributed by atoms with Gasteiger partial charge in [0.2, 0.25) is 0 Å². The molecule has 6 heteroatoms. The molecule has 1 aromatic rings. The van der Waals surface area contributed by atoms with Gasteiger partial charge in [-0.2, -0.15) is 10.2 Å². The maximum Gasteiger partial charge on any atom is 0.334 e. The van der Waals surface area contributed by atoms with Gasteiger partial charge in [-0.15, -0.1) is 0 Å². The van der Waals surface area contributed by atoms with Crippen LogP contribution in [0, 0.1) is 6.92 Å². The number of amides is 2. The number of hydrogen-bond acceptors (Lipinski definition) is 3. The highest BCUT2D eigenvalue weighted by Gasteiger charge is 1.95. The summed E-state index contributed by atoms with van der Waals surface area (Å²) >= 11 is 0. The van der Waals surface area contributed by atoms with E-state index in [9.17, 15) is 4.79 Å². The summed E-state index contributed by atoms with van der Waals surface area (Å²) in [5.41, 5.74) is 4.02. The molecular weight excluding hydrogens is 170 g/mol. The molecule has 0 unspecified atom stereocenters. The molecule has 0 spiro atoms. The average Bonchev–Trinajstić information content (AvgIpc) is 2.52. The number of nitrogens with zero attached hydrogens (tertiary/aromatic N) is 2. The second-order valence-electron chi connectivity index (χ2n) is 2.42. The summed E-state index contributed by atoms with van der Waals surface area (Å²) in [6.45, 7) is 1.89. The van der Waals surface area contributed by atoms with Gasteiger partial charge < -0.3 is 5.32 Å². The SMILES string of the molecule is CNC(=O)N/N=C/c1[nH]ncc1C. The van der Waals surface area contributed by atoms with Gasteiger partial charge in [0.1, 0.15) is 0 Å². The first kappa shape index (κ1) is 9.24. The van der Waals surface area contributed by atoms with E-state index in [1.54, 1.807) is 6.20 Å². The Morgan fingerprint density at radius 3 is 3.08 bits per heavy atom. The van der Waals surface area contributed by atoms with Gasteiger partial charge in [0.25, 0.3) is 0 Å². The zero-order chi connectivity index (χ0) is 9.68. The van der Waals surface area contributed by atoms with Crippen molar-refractivity contribution >= 4 is 12.2 Å². The van der Waals surface area contributed by atoms with Crippen molar-refractivity contribution in [2.24, 2.45) is 5.10 Å². The standard InChI is InChI=1S/C7H11N5O/c1-5-3-9-11-6(5)4-10-12-7(13)8-2/h3-4H,1-2H3,(H,9,11)(H2,8,12,13)/b10-4+. The fourth-order valence-electron chi connectivity index (χ4n) is 0.698. The average molecular weight is 181 g/mol. The number of hydrogen-bond donors (Lipinski definition) is 3. The molecule has 2 amide bonds. The second-order valence-corrected chi connectivity index (χ2v) is 2.42. The Hall–Kier alpha value is -1.85. The second kappa shape index (κ2) is 4.24. The van der Waals surface area contributed by atoms with Gasteiger partial charge in [0.15, 0.2) is 0 Å². The number of nitrogens with one attached hydrogen (secondary N) is 3. The van der Waals surface area contributed by atoms with Crippen LogP contribution in [0.5, 0.6) is 0 Å². The molecule has 0 saturated heterocycles. The van der Waals surface area contributed by atoms with Crippen molar-refractivity contribution < 1.29 is 4.79 Å². The van der Waals surface area contributed by atoms with E-state index < -0.39 is 0 Å². The molecule has 13 heavy (non-hydrogen) atoms. The molecule has 6 nitrogen and oxygen atoms in total. The van der Waals surface area contributed by atoms with Crippen LogP contribution in [0.4, 0.5) is 4.79 Å². The summed E-state index contributed by atoms with van der Waals surface area (Å²) in [5.74, 6) is 0. The van der Waals surface area contributed by atoms with Gasteiger partial charge in [0, 0.05) is 7.05 Å². The van der Waals surface area contributed by atoms with Crippen LogP contribution in [0.15, 0.2) is 11.3 Å². The van der Waals surface area contributed by atoms with Crippen molar-refractivity contribution in [2.75, 3.05) is 7.05 Å². The first-order valence-electron chi connectivity index (χ1n) is 3.75. The Labute approximate surface area is 75.4 Å². The molecule has 3 N–H and O–H groups in total. The minimum atomic E-state index is -0.353. The van der Waals surface area contributed by atoms with Crippen molar-refractivity contribution in [2.45, 2.75) is 6.92 Å². The number of aryl methyl sites for hydroxylation is 1. The fourth-order valence-corrected chi connectivity index (χ4v) is 0.698. The van der Waals surface area contributed by atoms with Crippen LogP contribution >= 0.6 is 0 Å². The molecule has 1 heterocycles. The third-order valence-electron chi connectivity index (χ3n) is 1.45.